The largest absolute Gasteiger partial charge is 0.409 e. The summed E-state index contributed by atoms with van der Waals surface area (Å²) in [5.41, 5.74) is 6.28. The molecule has 0 saturated carbocycles. The first kappa shape index (κ1) is 15.2. The molecule has 0 aliphatic carbocycles. The maximum atomic E-state index is 13.5. The minimum atomic E-state index is -0.674. The van der Waals surface area contributed by atoms with Gasteiger partial charge in [0.15, 0.2) is 5.84 Å². The highest BCUT2D eigenvalue weighted by molar-refractivity contribution is 7.98. The zero-order valence-electron chi connectivity index (χ0n) is 10.7. The van der Waals surface area contributed by atoms with Crippen molar-refractivity contribution in [2.24, 2.45) is 10.9 Å². The Labute approximate surface area is 123 Å². The molecule has 0 heterocycles. The molecule has 0 radical (unpaired) electrons. The first-order valence-electron chi connectivity index (χ1n) is 5.85. The fourth-order valence-electron chi connectivity index (χ4n) is 1.71. The van der Waals surface area contributed by atoms with E-state index in [0.717, 1.165) is 30.0 Å². The molecule has 7 heteroatoms. The summed E-state index contributed by atoms with van der Waals surface area (Å²) < 4.78 is 39.6. The van der Waals surface area contributed by atoms with Gasteiger partial charge in [-0.15, -0.1) is 11.8 Å². The van der Waals surface area contributed by atoms with E-state index < -0.39 is 17.5 Å². The van der Waals surface area contributed by atoms with E-state index in [2.05, 4.69) is 5.16 Å². The molecule has 0 saturated heterocycles. The zero-order valence-corrected chi connectivity index (χ0v) is 11.5. The highest BCUT2D eigenvalue weighted by Crippen LogP contribution is 2.27. The van der Waals surface area contributed by atoms with Gasteiger partial charge >= 0.3 is 0 Å². The van der Waals surface area contributed by atoms with Gasteiger partial charge in [-0.25, -0.2) is 13.2 Å². The molecule has 2 aromatic rings. The molecule has 110 valence electrons. The van der Waals surface area contributed by atoms with E-state index in [9.17, 15) is 13.2 Å². The number of oxime groups is 1. The van der Waals surface area contributed by atoms with Crippen LogP contribution < -0.4 is 5.73 Å². The smallest absolute Gasteiger partial charge is 0.170 e. The van der Waals surface area contributed by atoms with Crippen molar-refractivity contribution in [1.29, 1.82) is 0 Å². The van der Waals surface area contributed by atoms with Crippen molar-refractivity contribution in [3.8, 4) is 0 Å². The number of thioether (sulfide) groups is 1. The second kappa shape index (κ2) is 6.53. The van der Waals surface area contributed by atoms with Crippen LogP contribution in [0.15, 0.2) is 46.4 Å². The maximum Gasteiger partial charge on any atom is 0.170 e. The molecular formula is C14H11F3N2OS. The standard InChI is InChI=1S/C14H11F3N2OS/c15-9-2-1-8(11(5-9)14(18)19-20)7-21-13-4-3-10(16)6-12(13)17/h1-6,20H,7H2,(H2,18,19). The van der Waals surface area contributed by atoms with Crippen LogP contribution in [0.3, 0.4) is 0 Å². The number of halogens is 3. The normalized spacial score (nSPS) is 11.7. The van der Waals surface area contributed by atoms with Gasteiger partial charge in [0.05, 0.1) is 0 Å². The third kappa shape index (κ3) is 3.69. The minimum absolute atomic E-state index is 0.229. The van der Waals surface area contributed by atoms with Crippen LogP contribution in [0, 0.1) is 17.5 Å². The van der Waals surface area contributed by atoms with Crippen molar-refractivity contribution in [3.63, 3.8) is 0 Å². The molecule has 0 unspecified atom stereocenters. The predicted octanol–water partition coefficient (Wildman–Crippen LogP) is 3.49. The molecule has 3 nitrogen and oxygen atoms in total. The number of benzene rings is 2. The molecule has 2 aromatic carbocycles. The SMILES string of the molecule is NC(=NO)c1cc(F)ccc1CSc1ccc(F)cc1F. The summed E-state index contributed by atoms with van der Waals surface area (Å²) in [4.78, 5) is 0.256. The topological polar surface area (TPSA) is 58.6 Å². The number of nitrogens with zero attached hydrogens (tertiary/aromatic N) is 1. The van der Waals surface area contributed by atoms with Crippen LogP contribution in [0.2, 0.25) is 0 Å². The lowest BCUT2D eigenvalue weighted by atomic mass is 10.1. The first-order valence-corrected chi connectivity index (χ1v) is 6.84. The van der Waals surface area contributed by atoms with Crippen LogP contribution >= 0.6 is 11.8 Å². The van der Waals surface area contributed by atoms with E-state index in [1.54, 1.807) is 0 Å². The van der Waals surface area contributed by atoms with Crippen LogP contribution in [0.4, 0.5) is 13.2 Å². The van der Waals surface area contributed by atoms with E-state index in [1.165, 1.54) is 18.2 Å². The second-order valence-corrected chi connectivity index (χ2v) is 5.17. The van der Waals surface area contributed by atoms with Gasteiger partial charge in [0, 0.05) is 22.3 Å². The highest BCUT2D eigenvalue weighted by atomic mass is 32.2. The molecule has 3 N–H and O–H groups in total. The summed E-state index contributed by atoms with van der Waals surface area (Å²) in [6.45, 7) is 0. The molecule has 2 rings (SSSR count). The van der Waals surface area contributed by atoms with Gasteiger partial charge in [-0.05, 0) is 29.8 Å². The van der Waals surface area contributed by atoms with Crippen LogP contribution in [0.25, 0.3) is 0 Å². The molecule has 0 aliphatic heterocycles. The summed E-state index contributed by atoms with van der Waals surface area (Å²) in [6, 6.07) is 7.09. The van der Waals surface area contributed by atoms with Crippen LogP contribution in [-0.2, 0) is 5.75 Å². The van der Waals surface area contributed by atoms with Crippen molar-refractivity contribution in [2.45, 2.75) is 10.6 Å². The zero-order chi connectivity index (χ0) is 15.4. The van der Waals surface area contributed by atoms with E-state index in [4.69, 9.17) is 10.9 Å². The summed E-state index contributed by atoms with van der Waals surface area (Å²) in [5, 5.41) is 11.5. The Morgan fingerprint density at radius 3 is 2.43 bits per heavy atom. The monoisotopic (exact) mass is 312 g/mol. The average Bonchev–Trinajstić information content (AvgIpc) is 2.46. The second-order valence-electron chi connectivity index (χ2n) is 4.15. The van der Waals surface area contributed by atoms with Gasteiger partial charge in [0.1, 0.15) is 17.5 Å². The molecule has 0 aliphatic rings. The Morgan fingerprint density at radius 2 is 1.76 bits per heavy atom. The van der Waals surface area contributed by atoms with Crippen LogP contribution in [0.5, 0.6) is 0 Å². The van der Waals surface area contributed by atoms with Crippen molar-refractivity contribution in [2.75, 3.05) is 0 Å². The van der Waals surface area contributed by atoms with Gasteiger partial charge < -0.3 is 10.9 Å². The van der Waals surface area contributed by atoms with Crippen LogP contribution in [-0.4, -0.2) is 11.0 Å². The summed E-state index contributed by atoms with van der Waals surface area (Å²) in [7, 11) is 0. The van der Waals surface area contributed by atoms with Crippen molar-refractivity contribution < 1.29 is 18.4 Å². The number of nitrogens with two attached hydrogens (primary N) is 1. The maximum absolute atomic E-state index is 13.5. The first-order chi connectivity index (χ1) is 10.0. The van der Waals surface area contributed by atoms with Crippen molar-refractivity contribution in [1.82, 2.24) is 0 Å². The molecule has 0 fully saturated rings. The molecule has 0 atom stereocenters. The van der Waals surface area contributed by atoms with Gasteiger partial charge in [-0.2, -0.15) is 0 Å². The lowest BCUT2D eigenvalue weighted by molar-refractivity contribution is 0.318. The molecule has 0 aromatic heterocycles. The fraction of sp³-hybridized carbons (Fsp3) is 0.0714. The molecule has 0 bridgehead atoms. The van der Waals surface area contributed by atoms with E-state index in [1.807, 2.05) is 0 Å². The minimum Gasteiger partial charge on any atom is -0.409 e. The third-order valence-corrected chi connectivity index (χ3v) is 3.83. The predicted molar refractivity (Wildman–Crippen MR) is 74.8 cm³/mol. The average molecular weight is 312 g/mol. The number of amidine groups is 1. The lowest BCUT2D eigenvalue weighted by Crippen LogP contribution is -2.15. The Morgan fingerprint density at radius 1 is 1.10 bits per heavy atom. The lowest BCUT2D eigenvalue weighted by Gasteiger charge is -2.09. The third-order valence-electron chi connectivity index (χ3n) is 2.73. The van der Waals surface area contributed by atoms with E-state index in [-0.39, 0.29) is 22.0 Å². The molecular weight excluding hydrogens is 301 g/mol. The molecule has 0 spiro atoms. The van der Waals surface area contributed by atoms with Gasteiger partial charge in [-0.3, -0.25) is 0 Å². The van der Waals surface area contributed by atoms with E-state index >= 15 is 0 Å². The molecule has 21 heavy (non-hydrogen) atoms. The quantitative estimate of drug-likeness (QED) is 0.299. The molecule has 0 amide bonds. The Balaban J connectivity index is 2.24. The van der Waals surface area contributed by atoms with Gasteiger partial charge in [-0.1, -0.05) is 11.2 Å². The van der Waals surface area contributed by atoms with Crippen molar-refractivity contribution >= 4 is 17.6 Å². The summed E-state index contributed by atoms with van der Waals surface area (Å²) in [5.74, 6) is -1.83. The number of hydrogen-bond acceptors (Lipinski definition) is 3. The summed E-state index contributed by atoms with van der Waals surface area (Å²) in [6.07, 6.45) is 0. The van der Waals surface area contributed by atoms with E-state index in [0.29, 0.717) is 5.56 Å². The Bertz CT molecular complexity index is 692. The van der Waals surface area contributed by atoms with Gasteiger partial charge in [0.2, 0.25) is 0 Å². The van der Waals surface area contributed by atoms with Gasteiger partial charge in [0.25, 0.3) is 0 Å². The summed E-state index contributed by atoms with van der Waals surface area (Å²) >= 11 is 1.10. The Hall–Kier alpha value is -2.15. The van der Waals surface area contributed by atoms with Crippen molar-refractivity contribution in [3.05, 3.63) is 65.0 Å². The fourth-order valence-corrected chi connectivity index (χ4v) is 2.64. The number of rotatable bonds is 4. The number of hydrogen-bond donors (Lipinski definition) is 2. The van der Waals surface area contributed by atoms with Crippen LogP contribution in [0.1, 0.15) is 11.1 Å². The Kier molecular flexibility index (Phi) is 4.74. The highest BCUT2D eigenvalue weighted by Gasteiger charge is 2.11.